The molecule has 2 aliphatic rings. The summed E-state index contributed by atoms with van der Waals surface area (Å²) in [6.07, 6.45) is 12.6. The lowest BCUT2D eigenvalue weighted by Crippen LogP contribution is -2.28. The Balaban J connectivity index is 1.79. The Morgan fingerprint density at radius 3 is 2.28 bits per heavy atom. The maximum absolute atomic E-state index is 12.2. The summed E-state index contributed by atoms with van der Waals surface area (Å²) in [5.74, 6) is 0.708. The lowest BCUT2D eigenvalue weighted by atomic mass is 9.95. The van der Waals surface area contributed by atoms with E-state index < -0.39 is 0 Å². The predicted octanol–water partition coefficient (Wildman–Crippen LogP) is 3.91. The Kier molecular flexibility index (Phi) is 5.89. The number of carbonyl (C=O) groups is 1. The largest absolute Gasteiger partial charge is 0.379 e. The van der Waals surface area contributed by atoms with E-state index in [9.17, 15) is 4.79 Å². The Morgan fingerprint density at radius 1 is 1.04 bits per heavy atom. The fourth-order valence-corrected chi connectivity index (χ4v) is 3.79. The third-order valence-corrected chi connectivity index (χ3v) is 5.11. The minimum absolute atomic E-state index is 0.139. The van der Waals surface area contributed by atoms with Crippen molar-refractivity contribution < 1.29 is 4.79 Å². The van der Waals surface area contributed by atoms with Crippen LogP contribution in [-0.4, -0.2) is 28.8 Å². The molecule has 2 aliphatic carbocycles. The van der Waals surface area contributed by atoms with Crippen LogP contribution in [0.3, 0.4) is 0 Å². The monoisotopic (exact) mass is 343 g/mol. The lowest BCUT2D eigenvalue weighted by Gasteiger charge is -2.26. The quantitative estimate of drug-likeness (QED) is 0.482. The highest BCUT2D eigenvalue weighted by Gasteiger charge is 2.20. The summed E-state index contributed by atoms with van der Waals surface area (Å²) in [6.45, 7) is 1.56. The Morgan fingerprint density at radius 2 is 1.64 bits per heavy atom. The number of nitrogens with one attached hydrogen (secondary N) is 4. The van der Waals surface area contributed by atoms with E-state index >= 15 is 0 Å². The van der Waals surface area contributed by atoms with Gasteiger partial charge in [0.2, 0.25) is 0 Å². The van der Waals surface area contributed by atoms with Gasteiger partial charge >= 0.3 is 0 Å². The summed E-state index contributed by atoms with van der Waals surface area (Å²) in [6, 6.07) is 2.79. The highest BCUT2D eigenvalue weighted by atomic mass is 16.1. The molecule has 1 heterocycles. The zero-order chi connectivity index (χ0) is 17.6. The van der Waals surface area contributed by atoms with E-state index in [1.165, 1.54) is 57.8 Å². The van der Waals surface area contributed by atoms with E-state index in [2.05, 4.69) is 20.9 Å². The molecule has 1 aromatic heterocycles. The van der Waals surface area contributed by atoms with Crippen molar-refractivity contribution in [2.24, 2.45) is 0 Å². The summed E-state index contributed by atoms with van der Waals surface area (Å²) in [4.78, 5) is 16.7. The van der Waals surface area contributed by atoms with Crippen molar-refractivity contribution in [3.05, 3.63) is 17.8 Å². The number of nitrogens with zero attached hydrogens (tertiary/aromatic N) is 1. The van der Waals surface area contributed by atoms with Crippen LogP contribution in [0.5, 0.6) is 0 Å². The van der Waals surface area contributed by atoms with Crippen molar-refractivity contribution in [1.82, 2.24) is 10.3 Å². The molecule has 0 aromatic carbocycles. The molecule has 0 saturated heterocycles. The number of anilines is 2. The van der Waals surface area contributed by atoms with Crippen LogP contribution < -0.4 is 16.0 Å². The molecule has 1 amide bonds. The first-order chi connectivity index (χ1) is 12.1. The fraction of sp³-hybridized carbons (Fsp3) is 0.632. The molecule has 1 aromatic rings. The van der Waals surface area contributed by atoms with Crippen molar-refractivity contribution in [2.45, 2.75) is 76.8 Å². The van der Waals surface area contributed by atoms with Crippen LogP contribution in [0.4, 0.5) is 11.5 Å². The molecule has 3 rings (SSSR count). The first-order valence-electron chi connectivity index (χ1n) is 9.51. The van der Waals surface area contributed by atoms with Crippen molar-refractivity contribution >= 4 is 23.2 Å². The number of amides is 1. The number of amidine groups is 1. The summed E-state index contributed by atoms with van der Waals surface area (Å²) >= 11 is 0. The maximum atomic E-state index is 12.2. The molecule has 25 heavy (non-hydrogen) atoms. The van der Waals surface area contributed by atoms with E-state index in [0.29, 0.717) is 17.6 Å². The third-order valence-electron chi connectivity index (χ3n) is 5.11. The third kappa shape index (κ3) is 4.94. The van der Waals surface area contributed by atoms with E-state index in [0.717, 1.165) is 11.5 Å². The minimum Gasteiger partial charge on any atom is -0.379 e. The first-order valence-corrected chi connectivity index (χ1v) is 9.51. The van der Waals surface area contributed by atoms with E-state index in [1.807, 2.05) is 6.07 Å². The van der Waals surface area contributed by atoms with Crippen LogP contribution in [0.1, 0.15) is 75.1 Å². The van der Waals surface area contributed by atoms with Crippen LogP contribution in [0.15, 0.2) is 12.3 Å². The second-order valence-electron chi connectivity index (χ2n) is 7.30. The van der Waals surface area contributed by atoms with Gasteiger partial charge in [0.15, 0.2) is 0 Å². The molecule has 4 N–H and O–H groups in total. The molecule has 2 fully saturated rings. The Labute approximate surface area is 149 Å². The Bertz CT molecular complexity index is 618. The van der Waals surface area contributed by atoms with Gasteiger partial charge in [0.25, 0.3) is 5.91 Å². The van der Waals surface area contributed by atoms with Gasteiger partial charge in [0.1, 0.15) is 5.82 Å². The van der Waals surface area contributed by atoms with Crippen molar-refractivity contribution in [3.63, 3.8) is 0 Å². The lowest BCUT2D eigenvalue weighted by molar-refractivity contribution is 0.0976. The van der Waals surface area contributed by atoms with Crippen LogP contribution in [0, 0.1) is 5.41 Å². The van der Waals surface area contributed by atoms with Crippen molar-refractivity contribution in [3.8, 4) is 0 Å². The zero-order valence-corrected chi connectivity index (χ0v) is 15.0. The standard InChI is InChI=1S/C19H29N5O/c1-13(20)22-19(25)14-11-17(23-15-7-3-2-4-8-15)18(21-12-14)24-16-9-5-6-10-16/h11-12,15-16,23H,2-10H2,1H3,(H,21,24)(H2,20,22,25). The molecular weight excluding hydrogens is 314 g/mol. The van der Waals surface area contributed by atoms with Gasteiger partial charge in [-0.15, -0.1) is 0 Å². The van der Waals surface area contributed by atoms with Crippen molar-refractivity contribution in [1.29, 1.82) is 5.41 Å². The van der Waals surface area contributed by atoms with E-state index in [4.69, 9.17) is 5.41 Å². The molecular formula is C19H29N5O. The van der Waals surface area contributed by atoms with Gasteiger partial charge in [0, 0.05) is 18.3 Å². The highest BCUT2D eigenvalue weighted by Crippen LogP contribution is 2.29. The van der Waals surface area contributed by atoms with Gasteiger partial charge in [-0.25, -0.2) is 4.98 Å². The first kappa shape index (κ1) is 17.7. The summed E-state index contributed by atoms with van der Waals surface area (Å²) in [5.41, 5.74) is 1.40. The van der Waals surface area contributed by atoms with Gasteiger partial charge in [-0.3, -0.25) is 10.2 Å². The number of pyridine rings is 1. The van der Waals surface area contributed by atoms with Gasteiger partial charge in [0.05, 0.1) is 17.1 Å². The van der Waals surface area contributed by atoms with Crippen LogP contribution in [0.2, 0.25) is 0 Å². The van der Waals surface area contributed by atoms with Gasteiger partial charge in [-0.1, -0.05) is 32.1 Å². The number of hydrogen-bond acceptors (Lipinski definition) is 5. The molecule has 0 aliphatic heterocycles. The minimum atomic E-state index is -0.279. The SMILES string of the molecule is CC(=N)NC(=O)c1cnc(NC2CCCC2)c(NC2CCCCC2)c1. The van der Waals surface area contributed by atoms with Crippen LogP contribution >= 0.6 is 0 Å². The molecule has 0 atom stereocenters. The second kappa shape index (κ2) is 8.32. The smallest absolute Gasteiger partial charge is 0.258 e. The van der Waals surface area contributed by atoms with Gasteiger partial charge in [-0.05, 0) is 38.7 Å². The molecule has 0 radical (unpaired) electrons. The van der Waals surface area contributed by atoms with Crippen LogP contribution in [-0.2, 0) is 0 Å². The zero-order valence-electron chi connectivity index (χ0n) is 15.0. The topological polar surface area (TPSA) is 89.9 Å². The summed E-state index contributed by atoms with van der Waals surface area (Å²) < 4.78 is 0. The van der Waals surface area contributed by atoms with Gasteiger partial charge in [-0.2, -0.15) is 0 Å². The number of carbonyl (C=O) groups excluding carboxylic acids is 1. The average molecular weight is 343 g/mol. The summed E-state index contributed by atoms with van der Waals surface area (Å²) in [5, 5.41) is 17.2. The normalized spacial score (nSPS) is 18.8. The number of hydrogen-bond donors (Lipinski definition) is 4. The van der Waals surface area contributed by atoms with Crippen LogP contribution in [0.25, 0.3) is 0 Å². The average Bonchev–Trinajstić information content (AvgIpc) is 3.10. The predicted molar refractivity (Wildman–Crippen MR) is 101 cm³/mol. The summed E-state index contributed by atoms with van der Waals surface area (Å²) in [7, 11) is 0. The molecule has 6 heteroatoms. The number of rotatable bonds is 5. The van der Waals surface area contributed by atoms with Gasteiger partial charge < -0.3 is 16.0 Å². The van der Waals surface area contributed by atoms with E-state index in [-0.39, 0.29) is 11.7 Å². The molecule has 0 bridgehead atoms. The molecule has 2 saturated carbocycles. The molecule has 136 valence electrons. The van der Waals surface area contributed by atoms with Crippen molar-refractivity contribution in [2.75, 3.05) is 10.6 Å². The Hall–Kier alpha value is -2.11. The maximum Gasteiger partial charge on any atom is 0.258 e. The molecule has 6 nitrogen and oxygen atoms in total. The highest BCUT2D eigenvalue weighted by molar-refractivity contribution is 6.05. The molecule has 0 unspecified atom stereocenters. The van der Waals surface area contributed by atoms with E-state index in [1.54, 1.807) is 13.1 Å². The molecule has 0 spiro atoms. The number of aromatic nitrogens is 1. The second-order valence-corrected chi connectivity index (χ2v) is 7.30. The fourth-order valence-electron chi connectivity index (χ4n) is 3.79.